The van der Waals surface area contributed by atoms with Crippen LogP contribution in [0.5, 0.6) is 0 Å². The number of hydrogen-bond acceptors (Lipinski definition) is 2. The van der Waals surface area contributed by atoms with E-state index in [9.17, 15) is 9.18 Å². The zero-order valence-electron chi connectivity index (χ0n) is 12.0. The molecule has 0 atom stereocenters. The van der Waals surface area contributed by atoms with Crippen molar-refractivity contribution in [1.82, 2.24) is 9.78 Å². The standard InChI is InChI=1S/C17H13BrFN3O/c18-14-3-1-2-13(8-14)17(23)21-16-9-20-22(11-16)10-12-4-6-15(19)7-5-12/h1-9,11H,10H2,(H,21,23). The Kier molecular flexibility index (Phi) is 4.52. The number of anilines is 1. The van der Waals surface area contributed by atoms with Gasteiger partial charge in [-0.3, -0.25) is 9.48 Å². The van der Waals surface area contributed by atoms with Crippen LogP contribution in [0.15, 0.2) is 65.4 Å². The van der Waals surface area contributed by atoms with Crippen molar-refractivity contribution in [2.75, 3.05) is 5.32 Å². The van der Waals surface area contributed by atoms with Crippen LogP contribution in [0.4, 0.5) is 10.1 Å². The van der Waals surface area contributed by atoms with E-state index >= 15 is 0 Å². The van der Waals surface area contributed by atoms with Crippen LogP contribution >= 0.6 is 15.9 Å². The van der Waals surface area contributed by atoms with Crippen molar-refractivity contribution in [3.8, 4) is 0 Å². The Morgan fingerprint density at radius 1 is 1.22 bits per heavy atom. The van der Waals surface area contributed by atoms with E-state index in [0.29, 0.717) is 17.8 Å². The molecule has 4 nitrogen and oxygen atoms in total. The number of carbonyl (C=O) groups is 1. The van der Waals surface area contributed by atoms with E-state index in [0.717, 1.165) is 10.0 Å². The zero-order chi connectivity index (χ0) is 16.2. The van der Waals surface area contributed by atoms with Gasteiger partial charge in [-0.25, -0.2) is 4.39 Å². The highest BCUT2D eigenvalue weighted by Crippen LogP contribution is 2.14. The normalized spacial score (nSPS) is 10.5. The second-order valence-corrected chi connectivity index (χ2v) is 5.93. The van der Waals surface area contributed by atoms with Crippen LogP contribution in [0.2, 0.25) is 0 Å². The lowest BCUT2D eigenvalue weighted by Gasteiger charge is -2.03. The molecule has 0 aliphatic carbocycles. The Bertz CT molecular complexity index is 830. The quantitative estimate of drug-likeness (QED) is 0.748. The molecule has 23 heavy (non-hydrogen) atoms. The molecule has 6 heteroatoms. The first-order valence-corrected chi connectivity index (χ1v) is 7.73. The molecule has 1 amide bonds. The highest BCUT2D eigenvalue weighted by molar-refractivity contribution is 9.10. The highest BCUT2D eigenvalue weighted by atomic mass is 79.9. The van der Waals surface area contributed by atoms with E-state index in [-0.39, 0.29) is 11.7 Å². The summed E-state index contributed by atoms with van der Waals surface area (Å²) < 4.78 is 15.4. The zero-order valence-corrected chi connectivity index (χ0v) is 13.6. The Hall–Kier alpha value is -2.47. The van der Waals surface area contributed by atoms with Crippen LogP contribution in [0.25, 0.3) is 0 Å². The minimum atomic E-state index is -0.267. The van der Waals surface area contributed by atoms with Gasteiger partial charge in [-0.15, -0.1) is 0 Å². The van der Waals surface area contributed by atoms with E-state index in [1.54, 1.807) is 47.4 Å². The van der Waals surface area contributed by atoms with Gasteiger partial charge in [0.05, 0.1) is 18.4 Å². The number of hydrogen-bond donors (Lipinski definition) is 1. The number of rotatable bonds is 4. The van der Waals surface area contributed by atoms with Gasteiger partial charge in [0.1, 0.15) is 5.82 Å². The highest BCUT2D eigenvalue weighted by Gasteiger charge is 2.08. The van der Waals surface area contributed by atoms with Gasteiger partial charge >= 0.3 is 0 Å². The van der Waals surface area contributed by atoms with E-state index in [2.05, 4.69) is 26.3 Å². The summed E-state index contributed by atoms with van der Waals surface area (Å²) >= 11 is 3.34. The molecule has 3 rings (SSSR count). The summed E-state index contributed by atoms with van der Waals surface area (Å²) in [5.41, 5.74) is 2.10. The monoisotopic (exact) mass is 373 g/mol. The van der Waals surface area contributed by atoms with Crippen molar-refractivity contribution >= 4 is 27.5 Å². The second kappa shape index (κ2) is 6.75. The van der Waals surface area contributed by atoms with Crippen LogP contribution in [0, 0.1) is 5.82 Å². The van der Waals surface area contributed by atoms with Crippen molar-refractivity contribution in [2.24, 2.45) is 0 Å². The predicted molar refractivity (Wildman–Crippen MR) is 89.8 cm³/mol. The topological polar surface area (TPSA) is 46.9 Å². The molecule has 1 N–H and O–H groups in total. The summed E-state index contributed by atoms with van der Waals surface area (Å²) in [6.45, 7) is 0.507. The Morgan fingerprint density at radius 3 is 2.74 bits per heavy atom. The number of aromatic nitrogens is 2. The number of nitrogens with one attached hydrogen (secondary N) is 1. The molecule has 0 radical (unpaired) electrons. The second-order valence-electron chi connectivity index (χ2n) is 5.02. The first kappa shape index (κ1) is 15.4. The van der Waals surface area contributed by atoms with Gasteiger partial charge in [-0.1, -0.05) is 34.1 Å². The fourth-order valence-electron chi connectivity index (χ4n) is 2.12. The van der Waals surface area contributed by atoms with Gasteiger partial charge in [-0.2, -0.15) is 5.10 Å². The van der Waals surface area contributed by atoms with E-state index < -0.39 is 0 Å². The molecular formula is C17H13BrFN3O. The molecule has 0 bridgehead atoms. The maximum Gasteiger partial charge on any atom is 0.255 e. The molecule has 0 aliphatic rings. The third-order valence-corrected chi connectivity index (χ3v) is 3.73. The van der Waals surface area contributed by atoms with Crippen LogP contribution in [0.3, 0.4) is 0 Å². The first-order chi connectivity index (χ1) is 11.1. The molecule has 1 aromatic heterocycles. The summed E-state index contributed by atoms with van der Waals surface area (Å²) in [5, 5.41) is 6.99. The molecule has 0 saturated carbocycles. The molecule has 0 unspecified atom stereocenters. The van der Waals surface area contributed by atoms with Gasteiger partial charge in [0.2, 0.25) is 0 Å². The predicted octanol–water partition coefficient (Wildman–Crippen LogP) is 4.09. The average molecular weight is 374 g/mol. The molecular weight excluding hydrogens is 361 g/mol. The molecule has 0 fully saturated rings. The summed E-state index contributed by atoms with van der Waals surface area (Å²) in [6.07, 6.45) is 3.32. The molecule has 0 saturated heterocycles. The Labute approximate surface area is 141 Å². The van der Waals surface area contributed by atoms with Gasteiger partial charge in [0, 0.05) is 16.2 Å². The lowest BCUT2D eigenvalue weighted by atomic mass is 10.2. The summed E-state index contributed by atoms with van der Waals surface area (Å²) in [5.74, 6) is -0.469. The molecule has 0 spiro atoms. The third-order valence-electron chi connectivity index (χ3n) is 3.24. The Balaban J connectivity index is 1.67. The minimum Gasteiger partial charge on any atom is -0.319 e. The molecule has 3 aromatic rings. The van der Waals surface area contributed by atoms with Crippen molar-refractivity contribution in [3.05, 3.63) is 82.3 Å². The fourth-order valence-corrected chi connectivity index (χ4v) is 2.52. The van der Waals surface area contributed by atoms with Crippen molar-refractivity contribution in [2.45, 2.75) is 6.54 Å². The van der Waals surface area contributed by atoms with Gasteiger partial charge < -0.3 is 5.32 Å². The van der Waals surface area contributed by atoms with Gasteiger partial charge in [0.25, 0.3) is 5.91 Å². The maximum atomic E-state index is 12.9. The van der Waals surface area contributed by atoms with Gasteiger partial charge in [-0.05, 0) is 35.9 Å². The van der Waals surface area contributed by atoms with Crippen LogP contribution < -0.4 is 5.32 Å². The number of benzene rings is 2. The van der Waals surface area contributed by atoms with E-state index in [4.69, 9.17) is 0 Å². The lowest BCUT2D eigenvalue weighted by molar-refractivity contribution is 0.102. The number of amides is 1. The van der Waals surface area contributed by atoms with Crippen LogP contribution in [-0.2, 0) is 6.54 Å². The molecule has 0 aliphatic heterocycles. The maximum absolute atomic E-state index is 12.9. The SMILES string of the molecule is O=C(Nc1cnn(Cc2ccc(F)cc2)c1)c1cccc(Br)c1. The molecule has 1 heterocycles. The van der Waals surface area contributed by atoms with E-state index in [1.165, 1.54) is 12.1 Å². The number of carbonyl (C=O) groups excluding carboxylic acids is 1. The van der Waals surface area contributed by atoms with Crippen LogP contribution in [0.1, 0.15) is 15.9 Å². The minimum absolute atomic E-state index is 0.201. The van der Waals surface area contributed by atoms with Crippen molar-refractivity contribution < 1.29 is 9.18 Å². The summed E-state index contributed by atoms with van der Waals surface area (Å²) in [4.78, 5) is 12.2. The van der Waals surface area contributed by atoms with Crippen molar-refractivity contribution in [3.63, 3.8) is 0 Å². The average Bonchev–Trinajstić information content (AvgIpc) is 2.96. The Morgan fingerprint density at radius 2 is 2.00 bits per heavy atom. The van der Waals surface area contributed by atoms with Crippen LogP contribution in [-0.4, -0.2) is 15.7 Å². The first-order valence-electron chi connectivity index (χ1n) is 6.94. The largest absolute Gasteiger partial charge is 0.319 e. The molecule has 2 aromatic carbocycles. The van der Waals surface area contributed by atoms with Gasteiger partial charge in [0.15, 0.2) is 0 Å². The smallest absolute Gasteiger partial charge is 0.255 e. The fraction of sp³-hybridized carbons (Fsp3) is 0.0588. The third kappa shape index (κ3) is 4.04. The van der Waals surface area contributed by atoms with Crippen molar-refractivity contribution in [1.29, 1.82) is 0 Å². The molecule has 116 valence electrons. The summed E-state index contributed by atoms with van der Waals surface area (Å²) in [7, 11) is 0. The lowest BCUT2D eigenvalue weighted by Crippen LogP contribution is -2.11. The summed E-state index contributed by atoms with van der Waals surface area (Å²) in [6, 6.07) is 13.4. The number of halogens is 2. The number of nitrogens with zero attached hydrogens (tertiary/aromatic N) is 2. The van der Waals surface area contributed by atoms with E-state index in [1.807, 2.05) is 6.07 Å².